The van der Waals surface area contributed by atoms with Gasteiger partial charge < -0.3 is 15.7 Å². The lowest BCUT2D eigenvalue weighted by molar-refractivity contribution is 0.167. The zero-order valence-corrected chi connectivity index (χ0v) is 12.6. The molecule has 1 atom stereocenters. The number of benzene rings is 1. The third-order valence-corrected chi connectivity index (χ3v) is 3.87. The minimum Gasteiger partial charge on any atom is -0.388 e. The Morgan fingerprint density at radius 3 is 2.62 bits per heavy atom. The van der Waals surface area contributed by atoms with E-state index in [9.17, 15) is 9.90 Å². The van der Waals surface area contributed by atoms with Crippen LogP contribution in [-0.2, 0) is 6.42 Å². The molecule has 0 radical (unpaired) electrons. The molecule has 0 aliphatic carbocycles. The topological polar surface area (TPSA) is 61.4 Å². The molecule has 4 nitrogen and oxygen atoms in total. The number of carbonyl (C=O) groups is 1. The number of rotatable bonds is 7. The van der Waals surface area contributed by atoms with E-state index in [0.29, 0.717) is 19.5 Å². The number of nitrogens with one attached hydrogen (secondary N) is 2. The van der Waals surface area contributed by atoms with Gasteiger partial charge >= 0.3 is 6.03 Å². The van der Waals surface area contributed by atoms with E-state index in [-0.39, 0.29) is 6.03 Å². The maximum Gasteiger partial charge on any atom is 0.314 e. The summed E-state index contributed by atoms with van der Waals surface area (Å²) in [5.41, 5.74) is 2.11. The summed E-state index contributed by atoms with van der Waals surface area (Å²) in [5.74, 6) is 0. The van der Waals surface area contributed by atoms with E-state index in [4.69, 9.17) is 0 Å². The number of amides is 2. The van der Waals surface area contributed by atoms with Gasteiger partial charge in [0.1, 0.15) is 0 Å². The first-order chi connectivity index (χ1) is 10.3. The van der Waals surface area contributed by atoms with Crippen molar-refractivity contribution in [1.29, 1.82) is 0 Å². The molecule has 3 N–H and O–H groups in total. The van der Waals surface area contributed by atoms with Crippen LogP contribution in [0.5, 0.6) is 0 Å². The number of hydrogen-bond donors (Lipinski definition) is 3. The SMILES string of the molecule is O=C(NCCc1ccccc1)NCC[C@@H](O)c1ccsc1. The average Bonchev–Trinajstić information content (AvgIpc) is 3.02. The predicted molar refractivity (Wildman–Crippen MR) is 85.4 cm³/mol. The van der Waals surface area contributed by atoms with Crippen LogP contribution in [0, 0.1) is 0 Å². The average molecular weight is 304 g/mol. The second kappa shape index (κ2) is 8.44. The van der Waals surface area contributed by atoms with Crippen LogP contribution >= 0.6 is 11.3 Å². The molecule has 1 aromatic carbocycles. The molecule has 0 spiro atoms. The molecule has 0 saturated carbocycles. The van der Waals surface area contributed by atoms with Crippen molar-refractivity contribution in [2.24, 2.45) is 0 Å². The Hall–Kier alpha value is -1.85. The highest BCUT2D eigenvalue weighted by Gasteiger charge is 2.08. The van der Waals surface area contributed by atoms with E-state index in [0.717, 1.165) is 12.0 Å². The van der Waals surface area contributed by atoms with Crippen molar-refractivity contribution in [2.45, 2.75) is 18.9 Å². The van der Waals surface area contributed by atoms with Gasteiger partial charge in [-0.25, -0.2) is 4.79 Å². The molecule has 1 aromatic heterocycles. The lowest BCUT2D eigenvalue weighted by Crippen LogP contribution is -2.37. The van der Waals surface area contributed by atoms with Gasteiger partial charge in [-0.1, -0.05) is 30.3 Å². The number of hydrogen-bond acceptors (Lipinski definition) is 3. The summed E-state index contributed by atoms with van der Waals surface area (Å²) in [4.78, 5) is 11.6. The number of carbonyl (C=O) groups excluding carboxylic acids is 1. The fourth-order valence-electron chi connectivity index (χ4n) is 1.98. The first-order valence-corrected chi connectivity index (χ1v) is 7.96. The van der Waals surface area contributed by atoms with E-state index in [2.05, 4.69) is 10.6 Å². The van der Waals surface area contributed by atoms with Crippen LogP contribution in [0.2, 0.25) is 0 Å². The summed E-state index contributed by atoms with van der Waals surface area (Å²) in [6.07, 6.45) is 0.815. The van der Waals surface area contributed by atoms with Crippen molar-refractivity contribution in [3.8, 4) is 0 Å². The van der Waals surface area contributed by atoms with Crippen molar-refractivity contribution in [2.75, 3.05) is 13.1 Å². The summed E-state index contributed by atoms with van der Waals surface area (Å²) >= 11 is 1.56. The molecule has 21 heavy (non-hydrogen) atoms. The fraction of sp³-hybridized carbons (Fsp3) is 0.312. The van der Waals surface area contributed by atoms with Crippen molar-refractivity contribution in [1.82, 2.24) is 10.6 Å². The van der Waals surface area contributed by atoms with Gasteiger partial charge in [0, 0.05) is 13.1 Å². The Bertz CT molecular complexity index is 528. The third kappa shape index (κ3) is 5.57. The second-order valence-corrected chi connectivity index (χ2v) is 5.56. The molecular formula is C16H20N2O2S. The van der Waals surface area contributed by atoms with Crippen LogP contribution in [-0.4, -0.2) is 24.2 Å². The van der Waals surface area contributed by atoms with Gasteiger partial charge in [0.15, 0.2) is 0 Å². The highest BCUT2D eigenvalue weighted by Crippen LogP contribution is 2.18. The number of thiophene rings is 1. The molecule has 0 aliphatic rings. The number of aliphatic hydroxyl groups excluding tert-OH is 1. The largest absolute Gasteiger partial charge is 0.388 e. The molecule has 5 heteroatoms. The van der Waals surface area contributed by atoms with Gasteiger partial charge in [-0.05, 0) is 40.8 Å². The second-order valence-electron chi connectivity index (χ2n) is 4.78. The standard InChI is InChI=1S/C16H20N2O2S/c19-15(14-8-11-21-12-14)7-10-18-16(20)17-9-6-13-4-2-1-3-5-13/h1-5,8,11-12,15,19H,6-7,9-10H2,(H2,17,18,20)/t15-/m1/s1. The lowest BCUT2D eigenvalue weighted by Gasteiger charge is -2.11. The van der Waals surface area contributed by atoms with Gasteiger partial charge in [-0.2, -0.15) is 11.3 Å². The lowest BCUT2D eigenvalue weighted by atomic mass is 10.1. The van der Waals surface area contributed by atoms with Gasteiger partial charge in [-0.15, -0.1) is 0 Å². The normalized spacial score (nSPS) is 11.9. The highest BCUT2D eigenvalue weighted by molar-refractivity contribution is 7.07. The molecule has 2 rings (SSSR count). The van der Waals surface area contributed by atoms with Crippen molar-refractivity contribution in [3.63, 3.8) is 0 Å². The van der Waals surface area contributed by atoms with Crippen LogP contribution in [0.1, 0.15) is 23.7 Å². The van der Waals surface area contributed by atoms with Crippen LogP contribution in [0.3, 0.4) is 0 Å². The fourth-order valence-corrected chi connectivity index (χ4v) is 2.69. The van der Waals surface area contributed by atoms with E-state index < -0.39 is 6.10 Å². The quantitative estimate of drug-likeness (QED) is 0.736. The smallest absolute Gasteiger partial charge is 0.314 e. The van der Waals surface area contributed by atoms with Gasteiger partial charge in [0.05, 0.1) is 6.10 Å². The summed E-state index contributed by atoms with van der Waals surface area (Å²) in [5, 5.41) is 19.3. The maximum absolute atomic E-state index is 11.6. The van der Waals surface area contributed by atoms with Gasteiger partial charge in [0.25, 0.3) is 0 Å². The number of urea groups is 1. The highest BCUT2D eigenvalue weighted by atomic mass is 32.1. The van der Waals surface area contributed by atoms with E-state index >= 15 is 0 Å². The molecule has 112 valence electrons. The monoisotopic (exact) mass is 304 g/mol. The van der Waals surface area contributed by atoms with E-state index in [1.165, 1.54) is 5.56 Å². The Morgan fingerprint density at radius 2 is 1.90 bits per heavy atom. The molecule has 0 unspecified atom stereocenters. The first-order valence-electron chi connectivity index (χ1n) is 7.01. The Morgan fingerprint density at radius 1 is 1.14 bits per heavy atom. The minimum atomic E-state index is -0.513. The van der Waals surface area contributed by atoms with Crippen molar-refractivity contribution >= 4 is 17.4 Å². The molecule has 2 aromatic rings. The molecule has 0 fully saturated rings. The van der Waals surface area contributed by atoms with Crippen LogP contribution in [0.4, 0.5) is 4.79 Å². The van der Waals surface area contributed by atoms with Crippen molar-refractivity contribution in [3.05, 3.63) is 58.3 Å². The summed E-state index contributed by atoms with van der Waals surface area (Å²) in [6.45, 7) is 1.05. The summed E-state index contributed by atoms with van der Waals surface area (Å²) in [7, 11) is 0. The Labute approximate surface area is 128 Å². The van der Waals surface area contributed by atoms with Gasteiger partial charge in [0.2, 0.25) is 0 Å². The molecular weight excluding hydrogens is 284 g/mol. The van der Waals surface area contributed by atoms with Crippen LogP contribution in [0.15, 0.2) is 47.2 Å². The first kappa shape index (κ1) is 15.5. The Kier molecular flexibility index (Phi) is 6.24. The third-order valence-electron chi connectivity index (χ3n) is 3.17. The molecule has 0 aliphatic heterocycles. The van der Waals surface area contributed by atoms with E-state index in [1.54, 1.807) is 11.3 Å². The van der Waals surface area contributed by atoms with Crippen LogP contribution in [0.25, 0.3) is 0 Å². The molecule has 2 amide bonds. The summed E-state index contributed by atoms with van der Waals surface area (Å²) < 4.78 is 0. The summed E-state index contributed by atoms with van der Waals surface area (Å²) in [6, 6.07) is 11.7. The Balaban J connectivity index is 1.57. The minimum absolute atomic E-state index is 0.191. The zero-order valence-electron chi connectivity index (χ0n) is 11.8. The predicted octanol–water partition coefficient (Wildman–Crippen LogP) is 2.71. The molecule has 1 heterocycles. The van der Waals surface area contributed by atoms with Gasteiger partial charge in [-0.3, -0.25) is 0 Å². The number of aliphatic hydroxyl groups is 1. The zero-order chi connectivity index (χ0) is 14.9. The molecule has 0 saturated heterocycles. The van der Waals surface area contributed by atoms with Crippen LogP contribution < -0.4 is 10.6 Å². The maximum atomic E-state index is 11.6. The van der Waals surface area contributed by atoms with Crippen molar-refractivity contribution < 1.29 is 9.90 Å². The molecule has 0 bridgehead atoms. The van der Waals surface area contributed by atoms with E-state index in [1.807, 2.05) is 47.2 Å².